The van der Waals surface area contributed by atoms with E-state index in [0.29, 0.717) is 49.4 Å². The molecule has 0 aromatic heterocycles. The number of carbonyl (C=O) groups excluding carboxylic acids is 4. The van der Waals surface area contributed by atoms with Crippen LogP contribution in [-0.2, 0) is 40.8 Å². The van der Waals surface area contributed by atoms with Crippen molar-refractivity contribution >= 4 is 43.4 Å². The Kier molecular flexibility index (Phi) is 12.2. The van der Waals surface area contributed by atoms with Crippen molar-refractivity contribution in [2.75, 3.05) is 50.1 Å². The lowest BCUT2D eigenvalue weighted by molar-refractivity contribution is -0.149. The summed E-state index contributed by atoms with van der Waals surface area (Å²) in [5, 5.41) is 16.2. The second kappa shape index (κ2) is 16.2. The number of fused-ring (bicyclic) bond motifs is 2. The Hall–Kier alpha value is -3.62. The van der Waals surface area contributed by atoms with Crippen LogP contribution in [0.4, 0.5) is 11.4 Å². The van der Waals surface area contributed by atoms with Crippen LogP contribution in [0.15, 0.2) is 48.5 Å². The fourth-order valence-corrected chi connectivity index (χ4v) is 10.6. The molecular formula is C37H52N4O8Si. The van der Waals surface area contributed by atoms with Gasteiger partial charge in [-0.15, -0.1) is 0 Å². The van der Waals surface area contributed by atoms with E-state index in [2.05, 4.69) is 10.6 Å². The van der Waals surface area contributed by atoms with Gasteiger partial charge in [-0.2, -0.15) is 0 Å². The lowest BCUT2D eigenvalue weighted by atomic mass is 9.82. The van der Waals surface area contributed by atoms with E-state index in [1.165, 1.54) is 7.11 Å². The minimum atomic E-state index is -3.07. The van der Waals surface area contributed by atoms with Crippen LogP contribution in [0.2, 0.25) is 18.6 Å². The van der Waals surface area contributed by atoms with E-state index in [9.17, 15) is 29.1 Å². The number of benzene rings is 2. The standard InChI is InChI=1S/C37H52N4O8Si/c1-25-34(50(3,4)47)31(22-32(43)40(19-20-42)24-26-11-6-5-7-12-26)49-37(25)29-21-28(39-35(45)27-13-10-17-38-23-27)15-16-30(29)41(36(37)46)18-9-8-14-33(44)48-2/h5-7,11-12,15-16,21,25,27,31,34,38,42,47H,8-10,13-14,17-20,22-24H2,1-4H3,(H,39,45)/t25-,27?,31+,34-,37+/m0/s1. The van der Waals surface area contributed by atoms with E-state index in [-0.39, 0.29) is 55.6 Å². The van der Waals surface area contributed by atoms with Gasteiger partial charge >= 0.3 is 5.97 Å². The molecule has 0 radical (unpaired) electrons. The number of esters is 1. The molecule has 272 valence electrons. The van der Waals surface area contributed by atoms with Crippen molar-refractivity contribution in [3.63, 3.8) is 0 Å². The molecule has 2 fully saturated rings. The molecule has 4 N–H and O–H groups in total. The van der Waals surface area contributed by atoms with Gasteiger partial charge in [0, 0.05) is 55.3 Å². The largest absolute Gasteiger partial charge is 0.469 e. The van der Waals surface area contributed by atoms with E-state index in [4.69, 9.17) is 9.47 Å². The van der Waals surface area contributed by atoms with Gasteiger partial charge in [0.15, 0.2) is 13.9 Å². The predicted octanol–water partition coefficient (Wildman–Crippen LogP) is 3.52. The normalized spacial score (nSPS) is 24.7. The Bertz CT molecular complexity index is 1530. The van der Waals surface area contributed by atoms with Crippen LogP contribution in [0.5, 0.6) is 0 Å². The first-order chi connectivity index (χ1) is 23.9. The summed E-state index contributed by atoms with van der Waals surface area (Å²) in [6, 6.07) is 15.0. The summed E-state index contributed by atoms with van der Waals surface area (Å²) in [6.45, 7) is 7.57. The van der Waals surface area contributed by atoms with Crippen molar-refractivity contribution in [2.24, 2.45) is 11.8 Å². The predicted molar refractivity (Wildman–Crippen MR) is 192 cm³/mol. The summed E-state index contributed by atoms with van der Waals surface area (Å²) in [4.78, 5) is 68.7. The first kappa shape index (κ1) is 37.6. The molecule has 5 rings (SSSR count). The molecular weight excluding hydrogens is 657 g/mol. The third kappa shape index (κ3) is 7.97. The summed E-state index contributed by atoms with van der Waals surface area (Å²) in [7, 11) is -1.72. The molecule has 3 aliphatic rings. The number of ether oxygens (including phenoxy) is 2. The number of hydrogen-bond donors (Lipinski definition) is 4. The van der Waals surface area contributed by atoms with Gasteiger partial charge in [-0.25, -0.2) is 0 Å². The number of rotatable bonds is 14. The molecule has 13 heteroatoms. The molecule has 0 bridgehead atoms. The maximum Gasteiger partial charge on any atom is 0.305 e. The van der Waals surface area contributed by atoms with Gasteiger partial charge < -0.3 is 39.8 Å². The molecule has 0 saturated carbocycles. The Morgan fingerprint density at radius 1 is 1.16 bits per heavy atom. The van der Waals surface area contributed by atoms with Gasteiger partial charge in [-0.1, -0.05) is 37.3 Å². The number of carbonyl (C=O) groups is 4. The third-order valence-corrected chi connectivity index (χ3v) is 13.0. The van der Waals surface area contributed by atoms with E-state index in [1.807, 2.05) is 62.5 Å². The molecule has 3 aliphatic heterocycles. The quantitative estimate of drug-likeness (QED) is 0.131. The second-order valence-electron chi connectivity index (χ2n) is 14.3. The zero-order valence-electron chi connectivity index (χ0n) is 29.7. The monoisotopic (exact) mass is 708 g/mol. The van der Waals surface area contributed by atoms with Crippen LogP contribution in [0, 0.1) is 11.8 Å². The van der Waals surface area contributed by atoms with Crippen molar-refractivity contribution in [3.05, 3.63) is 59.7 Å². The topological polar surface area (TPSA) is 158 Å². The van der Waals surface area contributed by atoms with Gasteiger partial charge in [-0.3, -0.25) is 19.2 Å². The number of anilines is 2. The number of aliphatic hydroxyl groups excluding tert-OH is 1. The molecule has 5 atom stereocenters. The summed E-state index contributed by atoms with van der Waals surface area (Å²) >= 11 is 0. The van der Waals surface area contributed by atoms with Crippen molar-refractivity contribution in [3.8, 4) is 0 Å². The zero-order chi connectivity index (χ0) is 36.1. The number of piperidine rings is 1. The first-order valence-electron chi connectivity index (χ1n) is 17.8. The van der Waals surface area contributed by atoms with Gasteiger partial charge in [-0.05, 0) is 69.1 Å². The summed E-state index contributed by atoms with van der Waals surface area (Å²) < 4.78 is 11.7. The fourth-order valence-electron chi connectivity index (χ4n) is 8.06. The number of nitrogens with zero attached hydrogens (tertiary/aromatic N) is 2. The number of aliphatic hydroxyl groups is 1. The smallest absolute Gasteiger partial charge is 0.305 e. The van der Waals surface area contributed by atoms with Gasteiger partial charge in [0.05, 0.1) is 37.8 Å². The maximum absolute atomic E-state index is 14.8. The lowest BCUT2D eigenvalue weighted by Gasteiger charge is -2.32. The minimum absolute atomic E-state index is 0.0760. The highest BCUT2D eigenvalue weighted by Crippen LogP contribution is 2.60. The van der Waals surface area contributed by atoms with Gasteiger partial charge in [0.2, 0.25) is 11.8 Å². The second-order valence-corrected chi connectivity index (χ2v) is 18.3. The molecule has 2 aromatic rings. The van der Waals surface area contributed by atoms with Crippen LogP contribution >= 0.6 is 0 Å². The van der Waals surface area contributed by atoms with E-state index < -0.39 is 31.5 Å². The Morgan fingerprint density at radius 3 is 2.58 bits per heavy atom. The summed E-state index contributed by atoms with van der Waals surface area (Å²) in [5.74, 6) is -1.61. The molecule has 2 aromatic carbocycles. The highest BCUT2D eigenvalue weighted by molar-refractivity contribution is 6.71. The van der Waals surface area contributed by atoms with Crippen molar-refractivity contribution in [1.82, 2.24) is 10.2 Å². The van der Waals surface area contributed by atoms with E-state index in [1.54, 1.807) is 15.9 Å². The van der Waals surface area contributed by atoms with E-state index >= 15 is 0 Å². The highest BCUT2D eigenvalue weighted by Gasteiger charge is 2.66. The van der Waals surface area contributed by atoms with Crippen LogP contribution < -0.4 is 15.5 Å². The molecule has 1 spiro atoms. The van der Waals surface area contributed by atoms with Gasteiger partial charge in [0.1, 0.15) is 0 Å². The maximum atomic E-state index is 14.8. The molecule has 1 unspecified atom stereocenters. The van der Waals surface area contributed by atoms with Crippen LogP contribution in [0.25, 0.3) is 0 Å². The Labute approximate surface area is 295 Å². The molecule has 3 amide bonds. The number of nitrogens with one attached hydrogen (secondary N) is 2. The third-order valence-electron chi connectivity index (χ3n) is 10.5. The lowest BCUT2D eigenvalue weighted by Crippen LogP contribution is -2.46. The van der Waals surface area contributed by atoms with Crippen LogP contribution in [-0.4, -0.2) is 92.8 Å². The fraction of sp³-hybridized carbons (Fsp3) is 0.568. The highest BCUT2D eigenvalue weighted by atomic mass is 28.4. The van der Waals surface area contributed by atoms with Crippen molar-refractivity contribution in [2.45, 2.75) is 82.3 Å². The number of methoxy groups -OCH3 is 1. The molecule has 12 nitrogen and oxygen atoms in total. The molecule has 50 heavy (non-hydrogen) atoms. The van der Waals surface area contributed by atoms with Crippen LogP contribution in [0.1, 0.15) is 56.6 Å². The summed E-state index contributed by atoms with van der Waals surface area (Å²) in [5.41, 5.74) is 0.712. The number of unbranched alkanes of at least 4 members (excludes halogenated alkanes) is 1. The van der Waals surface area contributed by atoms with Crippen LogP contribution in [0.3, 0.4) is 0 Å². The number of amides is 3. The minimum Gasteiger partial charge on any atom is -0.469 e. The first-order valence-corrected chi connectivity index (χ1v) is 20.8. The van der Waals surface area contributed by atoms with Crippen molar-refractivity contribution < 1.29 is 38.6 Å². The Morgan fingerprint density at radius 2 is 1.92 bits per heavy atom. The summed E-state index contributed by atoms with van der Waals surface area (Å²) in [6.07, 6.45) is 2.15. The SMILES string of the molecule is COC(=O)CCCCN1C(=O)[C@]2(O[C@H](CC(=O)N(CCO)Cc3ccccc3)[C@@H]([Si](C)(C)O)[C@@H]2C)c2cc(NC(=O)C3CCCNC3)ccc21. The molecule has 0 aliphatic carbocycles. The molecule has 2 saturated heterocycles. The van der Waals surface area contributed by atoms with Gasteiger partial charge in [0.25, 0.3) is 5.91 Å². The molecule has 3 heterocycles. The van der Waals surface area contributed by atoms with E-state index in [0.717, 1.165) is 24.9 Å². The zero-order valence-corrected chi connectivity index (χ0v) is 30.7. The average Bonchev–Trinajstić information content (AvgIpc) is 3.52. The Balaban J connectivity index is 1.48. The number of hydrogen-bond acceptors (Lipinski definition) is 9. The average molecular weight is 709 g/mol. The van der Waals surface area contributed by atoms with Crippen molar-refractivity contribution in [1.29, 1.82) is 0 Å².